The van der Waals surface area contributed by atoms with Gasteiger partial charge in [0, 0.05) is 6.54 Å². The first-order valence-corrected chi connectivity index (χ1v) is 8.13. The number of carbonyl (C=O) groups excluding carboxylic acids is 1. The van der Waals surface area contributed by atoms with E-state index in [0.29, 0.717) is 17.0 Å². The number of hydrogen-bond acceptors (Lipinski definition) is 4. The summed E-state index contributed by atoms with van der Waals surface area (Å²) in [6.45, 7) is -0.738. The van der Waals surface area contributed by atoms with Gasteiger partial charge in [-0.3, -0.25) is 4.79 Å². The molecule has 0 bridgehead atoms. The number of aliphatic hydroxyl groups excluding tert-OH is 1. The Balaban J connectivity index is 1.89. The second kappa shape index (κ2) is 7.67. The molecule has 0 aliphatic carbocycles. The molecule has 0 unspecified atom stereocenters. The van der Waals surface area contributed by atoms with Gasteiger partial charge in [0.25, 0.3) is 0 Å². The van der Waals surface area contributed by atoms with Gasteiger partial charge in [-0.2, -0.15) is 13.2 Å². The highest BCUT2D eigenvalue weighted by atomic mass is 19.4. The minimum absolute atomic E-state index is 0.0300. The minimum Gasteiger partial charge on any atom is -0.387 e. The molecule has 0 saturated carbocycles. The third kappa shape index (κ3) is 4.56. The highest BCUT2D eigenvalue weighted by molar-refractivity contribution is 5.78. The molecular weight excluding hydrogens is 361 g/mol. The average Bonchev–Trinajstić information content (AvgIpc) is 3.06. The normalized spacial score (nSPS) is 12.7. The first-order chi connectivity index (χ1) is 12.9. The van der Waals surface area contributed by atoms with Gasteiger partial charge in [-0.25, -0.2) is 4.98 Å². The smallest absolute Gasteiger partial charge is 0.387 e. The van der Waals surface area contributed by atoms with Crippen molar-refractivity contribution >= 4 is 22.9 Å². The Kier molecular flexibility index (Phi) is 5.31. The number of alkyl halides is 3. The lowest BCUT2D eigenvalue weighted by molar-refractivity contribution is -0.137. The molecule has 0 aliphatic rings. The van der Waals surface area contributed by atoms with Crippen LogP contribution in [0.5, 0.6) is 0 Å². The van der Waals surface area contributed by atoms with Gasteiger partial charge in [-0.05, 0) is 29.8 Å². The van der Waals surface area contributed by atoms with Crippen molar-refractivity contribution in [3.05, 3.63) is 59.7 Å². The maximum atomic E-state index is 13.0. The molecule has 1 heterocycles. The highest BCUT2D eigenvalue weighted by Crippen LogP contribution is 2.31. The van der Waals surface area contributed by atoms with Gasteiger partial charge in [0.15, 0.2) is 0 Å². The number of anilines is 1. The van der Waals surface area contributed by atoms with Crippen molar-refractivity contribution in [2.75, 3.05) is 18.5 Å². The quantitative estimate of drug-likeness (QED) is 0.531. The summed E-state index contributed by atoms with van der Waals surface area (Å²) in [5.41, 5.74) is 0.998. The monoisotopic (exact) mass is 378 g/mol. The number of benzene rings is 2. The average molecular weight is 378 g/mol. The van der Waals surface area contributed by atoms with Crippen molar-refractivity contribution < 1.29 is 23.1 Å². The lowest BCUT2D eigenvalue weighted by Crippen LogP contribution is -2.33. The molecular formula is C18H17F3N4O2. The number of aliphatic hydroxyl groups is 1. The number of aromatic nitrogens is 2. The second-order valence-electron chi connectivity index (χ2n) is 5.88. The summed E-state index contributed by atoms with van der Waals surface area (Å²) in [4.78, 5) is 18.8. The Labute approximate surface area is 152 Å². The van der Waals surface area contributed by atoms with Crippen LogP contribution in [-0.4, -0.2) is 34.1 Å². The number of carbonyl (C=O) groups is 1. The van der Waals surface area contributed by atoms with Gasteiger partial charge in [0.05, 0.1) is 22.6 Å². The maximum Gasteiger partial charge on any atom is 0.416 e. The van der Waals surface area contributed by atoms with Crippen LogP contribution in [0.2, 0.25) is 0 Å². The van der Waals surface area contributed by atoms with Crippen molar-refractivity contribution in [2.24, 2.45) is 0 Å². The van der Waals surface area contributed by atoms with Crippen LogP contribution in [0.4, 0.5) is 19.1 Å². The van der Waals surface area contributed by atoms with Gasteiger partial charge in [0.1, 0.15) is 6.61 Å². The lowest BCUT2D eigenvalue weighted by Gasteiger charge is -2.20. The molecule has 142 valence electrons. The van der Waals surface area contributed by atoms with E-state index in [1.807, 2.05) is 18.2 Å². The van der Waals surface area contributed by atoms with Crippen LogP contribution in [0.25, 0.3) is 11.0 Å². The molecule has 6 nitrogen and oxygen atoms in total. The summed E-state index contributed by atoms with van der Waals surface area (Å²) in [5, 5.41) is 14.3. The van der Waals surface area contributed by atoms with E-state index in [2.05, 4.69) is 20.6 Å². The molecule has 0 saturated heterocycles. The number of nitrogens with one attached hydrogen (secondary N) is 3. The third-order valence-corrected chi connectivity index (χ3v) is 3.96. The standard InChI is InChI=1S/C18H17F3N4O2/c19-18(20,21)12-5-3-4-11(8-12)15(9-22-16(27)10-26)25-17-23-13-6-1-2-7-14(13)24-17/h1-8,15,26H,9-10H2,(H,22,27)(H2,23,24,25)/t15-/m0/s1. The molecule has 4 N–H and O–H groups in total. The van der Waals surface area contributed by atoms with Crippen LogP contribution >= 0.6 is 0 Å². The molecule has 1 atom stereocenters. The Morgan fingerprint density at radius 3 is 2.67 bits per heavy atom. The van der Waals surface area contributed by atoms with Crippen molar-refractivity contribution in [1.29, 1.82) is 0 Å². The van der Waals surface area contributed by atoms with Crippen LogP contribution in [0.3, 0.4) is 0 Å². The molecule has 3 aromatic rings. The minimum atomic E-state index is -4.48. The second-order valence-corrected chi connectivity index (χ2v) is 5.88. The molecule has 27 heavy (non-hydrogen) atoms. The number of H-pyrrole nitrogens is 1. The Hall–Kier alpha value is -3.07. The number of amides is 1. The first-order valence-electron chi connectivity index (χ1n) is 8.13. The summed E-state index contributed by atoms with van der Waals surface area (Å²) in [7, 11) is 0. The summed E-state index contributed by atoms with van der Waals surface area (Å²) < 4.78 is 39.1. The molecule has 1 aromatic heterocycles. The zero-order valence-electron chi connectivity index (χ0n) is 14.0. The molecule has 0 radical (unpaired) electrons. The summed E-state index contributed by atoms with van der Waals surface area (Å²) in [6.07, 6.45) is -4.48. The zero-order chi connectivity index (χ0) is 19.4. The fourth-order valence-corrected chi connectivity index (χ4v) is 2.64. The van der Waals surface area contributed by atoms with Gasteiger partial charge in [-0.15, -0.1) is 0 Å². The van der Waals surface area contributed by atoms with E-state index in [-0.39, 0.29) is 6.54 Å². The lowest BCUT2D eigenvalue weighted by atomic mass is 10.0. The topological polar surface area (TPSA) is 90.0 Å². The number of hydrogen-bond donors (Lipinski definition) is 4. The van der Waals surface area contributed by atoms with E-state index >= 15 is 0 Å². The highest BCUT2D eigenvalue weighted by Gasteiger charge is 2.31. The van der Waals surface area contributed by atoms with E-state index in [1.165, 1.54) is 12.1 Å². The molecule has 1 amide bonds. The van der Waals surface area contributed by atoms with Gasteiger partial charge < -0.3 is 20.7 Å². The number of nitrogens with zero attached hydrogens (tertiary/aromatic N) is 1. The zero-order valence-corrected chi connectivity index (χ0v) is 14.0. The number of para-hydroxylation sites is 2. The van der Waals surface area contributed by atoms with E-state index in [9.17, 15) is 18.0 Å². The largest absolute Gasteiger partial charge is 0.416 e. The summed E-state index contributed by atoms with van der Waals surface area (Å²) in [5.74, 6) is -0.268. The molecule has 9 heteroatoms. The van der Waals surface area contributed by atoms with Crippen LogP contribution in [0.15, 0.2) is 48.5 Å². The van der Waals surface area contributed by atoms with E-state index in [4.69, 9.17) is 5.11 Å². The first kappa shape index (κ1) is 18.7. The fraction of sp³-hybridized carbons (Fsp3) is 0.222. The number of aromatic amines is 1. The van der Waals surface area contributed by atoms with Crippen LogP contribution in [0.1, 0.15) is 17.2 Å². The SMILES string of the molecule is O=C(CO)NC[C@H](Nc1nc2ccccc2[nH]1)c1cccc(C(F)(F)F)c1. The van der Waals surface area contributed by atoms with Crippen molar-refractivity contribution in [3.8, 4) is 0 Å². The molecule has 0 fully saturated rings. The summed E-state index contributed by atoms with van der Waals surface area (Å²) in [6, 6.07) is 11.4. The predicted octanol–water partition coefficient (Wildman–Crippen LogP) is 2.84. The van der Waals surface area contributed by atoms with E-state index < -0.39 is 30.3 Å². The van der Waals surface area contributed by atoms with E-state index in [1.54, 1.807) is 6.07 Å². The Morgan fingerprint density at radius 1 is 1.19 bits per heavy atom. The third-order valence-electron chi connectivity index (χ3n) is 3.96. The van der Waals surface area contributed by atoms with Gasteiger partial charge in [0.2, 0.25) is 11.9 Å². The van der Waals surface area contributed by atoms with Gasteiger partial charge >= 0.3 is 6.18 Å². The summed E-state index contributed by atoms with van der Waals surface area (Å²) >= 11 is 0. The maximum absolute atomic E-state index is 13.0. The molecule has 3 rings (SSSR count). The Bertz CT molecular complexity index is 907. The van der Waals surface area contributed by atoms with Crippen LogP contribution < -0.4 is 10.6 Å². The van der Waals surface area contributed by atoms with Crippen molar-refractivity contribution in [2.45, 2.75) is 12.2 Å². The molecule has 0 aliphatic heterocycles. The van der Waals surface area contributed by atoms with E-state index in [0.717, 1.165) is 17.6 Å². The number of fused-ring (bicyclic) bond motifs is 1. The predicted molar refractivity (Wildman–Crippen MR) is 94.0 cm³/mol. The number of halogens is 3. The fourth-order valence-electron chi connectivity index (χ4n) is 2.64. The molecule has 2 aromatic carbocycles. The van der Waals surface area contributed by atoms with Crippen molar-refractivity contribution in [3.63, 3.8) is 0 Å². The van der Waals surface area contributed by atoms with Crippen LogP contribution in [0, 0.1) is 0 Å². The number of rotatable bonds is 6. The molecule has 0 spiro atoms. The Morgan fingerprint density at radius 2 is 1.96 bits per heavy atom. The van der Waals surface area contributed by atoms with Crippen LogP contribution in [-0.2, 0) is 11.0 Å². The van der Waals surface area contributed by atoms with Crippen molar-refractivity contribution in [1.82, 2.24) is 15.3 Å². The van der Waals surface area contributed by atoms with Gasteiger partial charge in [-0.1, -0.05) is 24.3 Å². The number of imidazole rings is 1.